The highest BCUT2D eigenvalue weighted by Crippen LogP contribution is 2.14. The summed E-state index contributed by atoms with van der Waals surface area (Å²) in [4.78, 5) is 25.7. The van der Waals surface area contributed by atoms with Crippen molar-refractivity contribution >= 4 is 17.5 Å². The molecule has 1 saturated heterocycles. The van der Waals surface area contributed by atoms with Crippen molar-refractivity contribution in [2.75, 3.05) is 25.4 Å². The first-order valence-corrected chi connectivity index (χ1v) is 6.85. The Labute approximate surface area is 118 Å². The van der Waals surface area contributed by atoms with Crippen molar-refractivity contribution in [3.05, 3.63) is 11.4 Å². The van der Waals surface area contributed by atoms with Crippen molar-refractivity contribution < 1.29 is 9.59 Å². The monoisotopic (exact) mass is 279 g/mol. The summed E-state index contributed by atoms with van der Waals surface area (Å²) in [6.45, 7) is 3.74. The van der Waals surface area contributed by atoms with Gasteiger partial charge in [-0.2, -0.15) is 5.10 Å². The van der Waals surface area contributed by atoms with Crippen LogP contribution in [-0.2, 0) is 11.8 Å². The summed E-state index contributed by atoms with van der Waals surface area (Å²) >= 11 is 0. The molecule has 0 unspecified atom stereocenters. The summed E-state index contributed by atoms with van der Waals surface area (Å²) in [5.41, 5.74) is 7.18. The predicted molar refractivity (Wildman–Crippen MR) is 75.1 cm³/mol. The standard InChI is InChI=1S/C13H21N5O2/c1-9-11(14)12(17(2)16-9)13(20)15-6-5-10(19)18-7-3-4-8-18/h3-8,14H2,1-2H3,(H,15,20). The van der Waals surface area contributed by atoms with E-state index in [1.54, 1.807) is 14.0 Å². The van der Waals surface area contributed by atoms with Gasteiger partial charge in [0.25, 0.3) is 5.91 Å². The number of nitrogen functional groups attached to an aromatic ring is 1. The van der Waals surface area contributed by atoms with Crippen LogP contribution in [0.4, 0.5) is 5.69 Å². The zero-order chi connectivity index (χ0) is 14.7. The molecule has 3 N–H and O–H groups in total. The molecule has 0 bridgehead atoms. The lowest BCUT2D eigenvalue weighted by Crippen LogP contribution is -2.33. The molecule has 1 fully saturated rings. The number of nitrogens with one attached hydrogen (secondary N) is 1. The third kappa shape index (κ3) is 2.92. The van der Waals surface area contributed by atoms with E-state index < -0.39 is 0 Å². The van der Waals surface area contributed by atoms with Gasteiger partial charge in [-0.1, -0.05) is 0 Å². The van der Waals surface area contributed by atoms with E-state index in [2.05, 4.69) is 10.4 Å². The van der Waals surface area contributed by atoms with Crippen molar-refractivity contribution in [2.45, 2.75) is 26.2 Å². The Morgan fingerprint density at radius 2 is 2.00 bits per heavy atom. The molecular weight excluding hydrogens is 258 g/mol. The molecule has 0 spiro atoms. The molecule has 0 aromatic carbocycles. The maximum absolute atomic E-state index is 12.0. The van der Waals surface area contributed by atoms with Crippen LogP contribution in [0.25, 0.3) is 0 Å². The fourth-order valence-corrected chi connectivity index (χ4v) is 2.44. The van der Waals surface area contributed by atoms with Gasteiger partial charge in [0, 0.05) is 33.1 Å². The quantitative estimate of drug-likeness (QED) is 0.814. The first-order chi connectivity index (χ1) is 9.50. The molecule has 2 heterocycles. The molecule has 0 aliphatic carbocycles. The van der Waals surface area contributed by atoms with Crippen LogP contribution in [0.5, 0.6) is 0 Å². The minimum atomic E-state index is -0.292. The molecule has 7 heteroatoms. The third-order valence-electron chi connectivity index (χ3n) is 3.57. The second kappa shape index (κ2) is 5.94. The normalized spacial score (nSPS) is 14.6. The van der Waals surface area contributed by atoms with Gasteiger partial charge in [0.05, 0.1) is 11.4 Å². The number of nitrogens with zero attached hydrogens (tertiary/aromatic N) is 3. The molecular formula is C13H21N5O2. The second-order valence-electron chi connectivity index (χ2n) is 5.07. The lowest BCUT2D eigenvalue weighted by molar-refractivity contribution is -0.129. The molecule has 1 aliphatic heterocycles. The Balaban J connectivity index is 1.84. The van der Waals surface area contributed by atoms with Crippen LogP contribution in [0.15, 0.2) is 0 Å². The largest absolute Gasteiger partial charge is 0.395 e. The lowest BCUT2D eigenvalue weighted by atomic mass is 10.3. The number of likely N-dealkylation sites (tertiary alicyclic amines) is 1. The van der Waals surface area contributed by atoms with Gasteiger partial charge in [-0.15, -0.1) is 0 Å². The average molecular weight is 279 g/mol. The zero-order valence-electron chi connectivity index (χ0n) is 12.0. The molecule has 7 nitrogen and oxygen atoms in total. The molecule has 0 radical (unpaired) electrons. The van der Waals surface area contributed by atoms with Crippen molar-refractivity contribution in [2.24, 2.45) is 7.05 Å². The van der Waals surface area contributed by atoms with Gasteiger partial charge in [0.1, 0.15) is 5.69 Å². The Morgan fingerprint density at radius 3 is 2.55 bits per heavy atom. The highest BCUT2D eigenvalue weighted by atomic mass is 16.2. The van der Waals surface area contributed by atoms with Crippen LogP contribution in [0, 0.1) is 6.92 Å². The maximum Gasteiger partial charge on any atom is 0.271 e. The average Bonchev–Trinajstić information content (AvgIpc) is 2.99. The molecule has 1 aromatic rings. The SMILES string of the molecule is Cc1nn(C)c(C(=O)NCCC(=O)N2CCCC2)c1N. The summed E-state index contributed by atoms with van der Waals surface area (Å²) in [7, 11) is 1.67. The summed E-state index contributed by atoms with van der Waals surface area (Å²) in [6.07, 6.45) is 2.47. The molecule has 1 aliphatic rings. The number of aromatic nitrogens is 2. The Hall–Kier alpha value is -2.05. The van der Waals surface area contributed by atoms with Crippen LogP contribution >= 0.6 is 0 Å². The molecule has 20 heavy (non-hydrogen) atoms. The van der Waals surface area contributed by atoms with Gasteiger partial charge >= 0.3 is 0 Å². The van der Waals surface area contributed by atoms with Gasteiger partial charge in [-0.05, 0) is 19.8 Å². The number of hydrogen-bond acceptors (Lipinski definition) is 4. The van der Waals surface area contributed by atoms with E-state index in [1.165, 1.54) is 4.68 Å². The second-order valence-corrected chi connectivity index (χ2v) is 5.07. The molecule has 1 aromatic heterocycles. The van der Waals surface area contributed by atoms with Crippen molar-refractivity contribution in [3.8, 4) is 0 Å². The van der Waals surface area contributed by atoms with Gasteiger partial charge < -0.3 is 16.0 Å². The topological polar surface area (TPSA) is 93.2 Å². The Kier molecular flexibility index (Phi) is 4.26. The van der Waals surface area contributed by atoms with E-state index in [0.29, 0.717) is 30.0 Å². The smallest absolute Gasteiger partial charge is 0.271 e. The molecule has 0 atom stereocenters. The number of hydrogen-bond donors (Lipinski definition) is 2. The van der Waals surface area contributed by atoms with Gasteiger partial charge in [0.2, 0.25) is 5.91 Å². The number of carbonyl (C=O) groups is 2. The van der Waals surface area contributed by atoms with Gasteiger partial charge in [-0.3, -0.25) is 14.3 Å². The van der Waals surface area contributed by atoms with E-state index >= 15 is 0 Å². The number of anilines is 1. The molecule has 0 saturated carbocycles. The highest BCUT2D eigenvalue weighted by molar-refractivity contribution is 5.98. The van der Waals surface area contributed by atoms with E-state index in [-0.39, 0.29) is 11.8 Å². The number of amides is 2. The van der Waals surface area contributed by atoms with Crippen LogP contribution in [0.1, 0.15) is 35.4 Å². The number of nitrogens with two attached hydrogens (primary N) is 1. The predicted octanol–water partition coefficient (Wildman–Crippen LogP) is 0.0530. The summed E-state index contributed by atoms with van der Waals surface area (Å²) in [5.74, 6) is -0.197. The Bertz CT molecular complexity index is 517. The van der Waals surface area contributed by atoms with Crippen molar-refractivity contribution in [3.63, 3.8) is 0 Å². The van der Waals surface area contributed by atoms with Gasteiger partial charge in [-0.25, -0.2) is 0 Å². The number of aryl methyl sites for hydroxylation is 2. The number of carbonyl (C=O) groups excluding carboxylic acids is 2. The summed E-state index contributed by atoms with van der Waals surface area (Å²) < 4.78 is 1.46. The maximum atomic E-state index is 12.0. The zero-order valence-corrected chi connectivity index (χ0v) is 12.0. The van der Waals surface area contributed by atoms with E-state index in [4.69, 9.17) is 5.73 Å². The third-order valence-corrected chi connectivity index (χ3v) is 3.57. The first-order valence-electron chi connectivity index (χ1n) is 6.85. The number of rotatable bonds is 4. The van der Waals surface area contributed by atoms with Crippen molar-refractivity contribution in [1.82, 2.24) is 20.0 Å². The van der Waals surface area contributed by atoms with E-state index in [1.807, 2.05) is 4.90 Å². The van der Waals surface area contributed by atoms with Crippen LogP contribution in [0.2, 0.25) is 0 Å². The van der Waals surface area contributed by atoms with Gasteiger partial charge in [0.15, 0.2) is 0 Å². The fraction of sp³-hybridized carbons (Fsp3) is 0.615. The van der Waals surface area contributed by atoms with E-state index in [9.17, 15) is 9.59 Å². The molecule has 2 amide bonds. The minimum Gasteiger partial charge on any atom is -0.395 e. The molecule has 110 valence electrons. The Morgan fingerprint density at radius 1 is 1.35 bits per heavy atom. The highest BCUT2D eigenvalue weighted by Gasteiger charge is 2.20. The summed E-state index contributed by atoms with van der Waals surface area (Å²) in [6, 6.07) is 0. The van der Waals surface area contributed by atoms with Crippen LogP contribution < -0.4 is 11.1 Å². The fourth-order valence-electron chi connectivity index (χ4n) is 2.44. The van der Waals surface area contributed by atoms with Crippen LogP contribution in [-0.4, -0.2) is 46.1 Å². The summed E-state index contributed by atoms with van der Waals surface area (Å²) in [5, 5.41) is 6.81. The first kappa shape index (κ1) is 14.4. The minimum absolute atomic E-state index is 0.0944. The van der Waals surface area contributed by atoms with Crippen molar-refractivity contribution in [1.29, 1.82) is 0 Å². The molecule has 2 rings (SSSR count). The van der Waals surface area contributed by atoms with Crippen LogP contribution in [0.3, 0.4) is 0 Å². The van der Waals surface area contributed by atoms with E-state index in [0.717, 1.165) is 25.9 Å². The lowest BCUT2D eigenvalue weighted by Gasteiger charge is -2.15.